The molecule has 6 heteroatoms. The van der Waals surface area contributed by atoms with Crippen molar-refractivity contribution in [3.05, 3.63) is 212 Å². The number of nitrogens with zero attached hydrogens (tertiary/aromatic N) is 5. The van der Waals surface area contributed by atoms with Crippen LogP contribution in [0.3, 0.4) is 0 Å². The Morgan fingerprint density at radius 2 is 0.672 bits per heavy atom. The molecule has 11 rings (SSSR count). The van der Waals surface area contributed by atoms with Crippen LogP contribution in [0.5, 0.6) is 0 Å². The van der Waals surface area contributed by atoms with Gasteiger partial charge >= 0.3 is 0 Å². The van der Waals surface area contributed by atoms with Gasteiger partial charge in [0.1, 0.15) is 11.2 Å². The van der Waals surface area contributed by atoms with E-state index in [4.69, 9.17) is 29.3 Å². The molecule has 3 heterocycles. The first kappa shape index (κ1) is 35.8. The summed E-state index contributed by atoms with van der Waals surface area (Å²) in [6.45, 7) is 0. The highest BCUT2D eigenvalue weighted by atomic mass is 16.3. The highest BCUT2D eigenvalue weighted by Gasteiger charge is 2.22. The minimum atomic E-state index is 0.540. The number of hydrogen-bond acceptors (Lipinski definition) is 6. The molecule has 0 saturated carbocycles. The van der Waals surface area contributed by atoms with Crippen LogP contribution in [-0.2, 0) is 0 Å². The summed E-state index contributed by atoms with van der Waals surface area (Å²) in [5, 5.41) is 1.91. The predicted molar refractivity (Wildman–Crippen MR) is 246 cm³/mol. The van der Waals surface area contributed by atoms with Crippen molar-refractivity contribution < 1.29 is 4.42 Å². The van der Waals surface area contributed by atoms with Gasteiger partial charge in [-0.05, 0) is 34.9 Å². The van der Waals surface area contributed by atoms with Crippen LogP contribution >= 0.6 is 0 Å². The molecule has 0 fully saturated rings. The zero-order valence-electron chi connectivity index (χ0n) is 32.9. The molecule has 0 radical (unpaired) electrons. The van der Waals surface area contributed by atoms with Crippen LogP contribution in [-0.4, -0.2) is 24.9 Å². The van der Waals surface area contributed by atoms with Crippen LogP contribution in [0, 0.1) is 0 Å². The van der Waals surface area contributed by atoms with E-state index >= 15 is 0 Å². The molecule has 11 aromatic rings. The van der Waals surface area contributed by atoms with E-state index in [-0.39, 0.29) is 0 Å². The van der Waals surface area contributed by atoms with Crippen molar-refractivity contribution >= 4 is 21.9 Å². The topological polar surface area (TPSA) is 77.6 Å². The van der Waals surface area contributed by atoms with Crippen molar-refractivity contribution in [3.63, 3.8) is 0 Å². The van der Waals surface area contributed by atoms with E-state index in [9.17, 15) is 0 Å². The summed E-state index contributed by atoms with van der Waals surface area (Å²) in [5.74, 6) is 2.32. The van der Waals surface area contributed by atoms with Gasteiger partial charge in [-0.3, -0.25) is 0 Å². The molecule has 0 atom stereocenters. The maximum Gasteiger partial charge on any atom is 0.164 e. The number of fused-ring (bicyclic) bond motifs is 3. The first-order valence-corrected chi connectivity index (χ1v) is 20.2. The van der Waals surface area contributed by atoms with Crippen LogP contribution in [0.2, 0.25) is 0 Å². The Labute approximate surface area is 352 Å². The molecule has 0 bridgehead atoms. The summed E-state index contributed by atoms with van der Waals surface area (Å²) in [4.78, 5) is 25.8. The third-order valence-corrected chi connectivity index (χ3v) is 11.0. The number of rotatable bonds is 8. The number of hydrogen-bond donors (Lipinski definition) is 0. The molecule has 0 saturated heterocycles. The molecule has 3 aromatic heterocycles. The van der Waals surface area contributed by atoms with Crippen molar-refractivity contribution in [2.24, 2.45) is 0 Å². The Bertz CT molecular complexity index is 3260. The van der Waals surface area contributed by atoms with Crippen LogP contribution in [0.25, 0.3) is 112 Å². The molecule has 6 nitrogen and oxygen atoms in total. The Hall–Kier alpha value is -8.35. The van der Waals surface area contributed by atoms with Crippen molar-refractivity contribution in [2.75, 3.05) is 0 Å². The van der Waals surface area contributed by atoms with E-state index in [0.29, 0.717) is 34.6 Å². The summed E-state index contributed by atoms with van der Waals surface area (Å²) in [6.07, 6.45) is 0. The lowest BCUT2D eigenvalue weighted by Gasteiger charge is -2.12. The summed E-state index contributed by atoms with van der Waals surface area (Å²) in [6, 6.07) is 72.1. The second-order valence-electron chi connectivity index (χ2n) is 14.9. The summed E-state index contributed by atoms with van der Waals surface area (Å²) in [7, 11) is 0. The Kier molecular flexibility index (Phi) is 9.06. The lowest BCUT2D eigenvalue weighted by molar-refractivity contribution is 0.671. The molecule has 0 aliphatic heterocycles. The van der Waals surface area contributed by atoms with Crippen molar-refractivity contribution in [1.29, 1.82) is 0 Å². The summed E-state index contributed by atoms with van der Waals surface area (Å²) >= 11 is 0. The number of para-hydroxylation sites is 1. The minimum absolute atomic E-state index is 0.540. The van der Waals surface area contributed by atoms with Gasteiger partial charge in [0.15, 0.2) is 23.3 Å². The molecule has 0 aliphatic carbocycles. The van der Waals surface area contributed by atoms with Crippen molar-refractivity contribution in [1.82, 2.24) is 24.9 Å². The second kappa shape index (κ2) is 15.4. The Balaban J connectivity index is 1.18. The zero-order valence-corrected chi connectivity index (χ0v) is 32.9. The zero-order chi connectivity index (χ0) is 40.5. The fraction of sp³-hybridized carbons (Fsp3) is 0. The number of aromatic nitrogens is 5. The predicted octanol–water partition coefficient (Wildman–Crippen LogP) is 13.9. The van der Waals surface area contributed by atoms with Gasteiger partial charge in [0, 0.05) is 49.7 Å². The van der Waals surface area contributed by atoms with Gasteiger partial charge in [0.05, 0.1) is 11.4 Å². The molecule has 0 aliphatic rings. The molecule has 0 amide bonds. The van der Waals surface area contributed by atoms with Crippen LogP contribution in [0.4, 0.5) is 0 Å². The monoisotopic (exact) mass is 781 g/mol. The first-order chi connectivity index (χ1) is 30.2. The Morgan fingerprint density at radius 3 is 1.23 bits per heavy atom. The molecule has 0 spiro atoms. The molecule has 61 heavy (non-hydrogen) atoms. The standard InChI is InChI=1S/C55H35N5O/c1-6-17-36(18-7-1)37-29-31-39(32-30-37)48-35-49(57-52(56-48)40-21-10-3-11-22-40)47-34-43(33-46-45-28-16-27-44(50(45)61-51(46)47)38-19-8-2-9-20-38)55-59-53(41-23-12-4-13-24-41)58-54(60-55)42-25-14-5-15-26-42/h1-35H. The largest absolute Gasteiger partial charge is 0.455 e. The minimum Gasteiger partial charge on any atom is -0.455 e. The number of furan rings is 1. The van der Waals surface area contributed by atoms with Gasteiger partial charge in [-0.25, -0.2) is 24.9 Å². The number of benzene rings is 8. The highest BCUT2D eigenvalue weighted by Crippen LogP contribution is 2.43. The third kappa shape index (κ3) is 6.92. The average Bonchev–Trinajstić information content (AvgIpc) is 3.74. The maximum atomic E-state index is 7.04. The average molecular weight is 782 g/mol. The summed E-state index contributed by atoms with van der Waals surface area (Å²) in [5.41, 5.74) is 12.7. The lowest BCUT2D eigenvalue weighted by atomic mass is 9.98. The normalized spacial score (nSPS) is 11.3. The molecule has 8 aromatic carbocycles. The summed E-state index contributed by atoms with van der Waals surface area (Å²) < 4.78 is 7.04. The van der Waals surface area contributed by atoms with Gasteiger partial charge < -0.3 is 4.42 Å². The van der Waals surface area contributed by atoms with Crippen LogP contribution < -0.4 is 0 Å². The van der Waals surface area contributed by atoms with Gasteiger partial charge in [0.2, 0.25) is 0 Å². The van der Waals surface area contributed by atoms with Crippen molar-refractivity contribution in [3.8, 4) is 90.3 Å². The molecular weight excluding hydrogens is 747 g/mol. The van der Waals surface area contributed by atoms with Crippen LogP contribution in [0.15, 0.2) is 217 Å². The quantitative estimate of drug-likeness (QED) is 0.153. The Morgan fingerprint density at radius 1 is 0.246 bits per heavy atom. The molecule has 0 unspecified atom stereocenters. The smallest absolute Gasteiger partial charge is 0.164 e. The molecular formula is C55H35N5O. The SMILES string of the molecule is c1ccc(-c2ccc(-c3cc(-c4cc(-c5nc(-c6ccccc6)nc(-c6ccccc6)n5)cc5c4oc4c(-c6ccccc6)cccc45)nc(-c4ccccc4)n3)cc2)cc1. The van der Waals surface area contributed by atoms with Crippen molar-refractivity contribution in [2.45, 2.75) is 0 Å². The van der Waals surface area contributed by atoms with E-state index in [1.165, 1.54) is 0 Å². The van der Waals surface area contributed by atoms with E-state index in [1.54, 1.807) is 0 Å². The van der Waals surface area contributed by atoms with Gasteiger partial charge in [0.25, 0.3) is 0 Å². The van der Waals surface area contributed by atoms with E-state index < -0.39 is 0 Å². The second-order valence-corrected chi connectivity index (χ2v) is 14.9. The third-order valence-electron chi connectivity index (χ3n) is 11.0. The van der Waals surface area contributed by atoms with E-state index in [2.05, 4.69) is 109 Å². The van der Waals surface area contributed by atoms with E-state index in [1.807, 2.05) is 103 Å². The van der Waals surface area contributed by atoms with Gasteiger partial charge in [-0.15, -0.1) is 0 Å². The molecule has 286 valence electrons. The fourth-order valence-electron chi connectivity index (χ4n) is 7.92. The first-order valence-electron chi connectivity index (χ1n) is 20.2. The maximum absolute atomic E-state index is 7.04. The van der Waals surface area contributed by atoms with Gasteiger partial charge in [-0.1, -0.05) is 194 Å². The fourth-order valence-corrected chi connectivity index (χ4v) is 7.92. The van der Waals surface area contributed by atoms with Gasteiger partial charge in [-0.2, -0.15) is 0 Å². The van der Waals surface area contributed by atoms with E-state index in [0.717, 1.165) is 77.7 Å². The lowest BCUT2D eigenvalue weighted by Crippen LogP contribution is -2.01. The molecule has 0 N–H and O–H groups in total. The highest BCUT2D eigenvalue weighted by molar-refractivity contribution is 6.14. The van der Waals surface area contributed by atoms with Crippen LogP contribution in [0.1, 0.15) is 0 Å².